The van der Waals surface area contributed by atoms with Gasteiger partial charge in [0.15, 0.2) is 0 Å². The smallest absolute Gasteiger partial charge is 0.334 e. The van der Waals surface area contributed by atoms with E-state index in [9.17, 15) is 4.79 Å². The van der Waals surface area contributed by atoms with Crippen molar-refractivity contribution in [3.05, 3.63) is 11.1 Å². The largest absolute Gasteiger partial charge is 0.451 e. The van der Waals surface area contributed by atoms with E-state index < -0.39 is 0 Å². The van der Waals surface area contributed by atoms with Gasteiger partial charge in [-0.3, -0.25) is 4.90 Å². The van der Waals surface area contributed by atoms with Crippen molar-refractivity contribution in [2.75, 3.05) is 24.6 Å². The van der Waals surface area contributed by atoms with E-state index in [1.807, 2.05) is 6.92 Å². The van der Waals surface area contributed by atoms with Gasteiger partial charge in [0.2, 0.25) is 0 Å². The van der Waals surface area contributed by atoms with E-state index in [0.29, 0.717) is 0 Å². The zero-order valence-electron chi connectivity index (χ0n) is 11.9. The van der Waals surface area contributed by atoms with E-state index in [1.54, 1.807) is 0 Å². The van der Waals surface area contributed by atoms with Crippen LogP contribution in [0.2, 0.25) is 0 Å². The first kappa shape index (κ1) is 13.5. The summed E-state index contributed by atoms with van der Waals surface area (Å²) in [6, 6.07) is 0.749. The molecule has 2 fully saturated rings. The highest BCUT2D eigenvalue weighted by atomic mass is 32.2. The second-order valence-corrected chi connectivity index (χ2v) is 7.19. The molecule has 0 amide bonds. The number of carbonyl (C=O) groups is 1. The summed E-state index contributed by atoms with van der Waals surface area (Å²) < 4.78 is 5.71. The van der Waals surface area contributed by atoms with Crippen LogP contribution < -0.4 is 0 Å². The molecule has 0 bridgehead atoms. The summed E-state index contributed by atoms with van der Waals surface area (Å²) in [7, 11) is 0. The molecule has 0 aromatic carbocycles. The lowest BCUT2D eigenvalue weighted by Gasteiger charge is -2.43. The van der Waals surface area contributed by atoms with Gasteiger partial charge in [0.25, 0.3) is 0 Å². The molecule has 3 nitrogen and oxygen atoms in total. The van der Waals surface area contributed by atoms with Gasteiger partial charge in [-0.25, -0.2) is 4.79 Å². The molecule has 0 saturated carbocycles. The molecule has 1 unspecified atom stereocenters. The molecule has 0 aromatic rings. The van der Waals surface area contributed by atoms with Gasteiger partial charge in [-0.1, -0.05) is 0 Å². The molecular formula is C15H23NO2S. The second-order valence-electron chi connectivity index (χ2n) is 6.04. The lowest BCUT2D eigenvalue weighted by molar-refractivity contribution is -0.150. The van der Waals surface area contributed by atoms with E-state index >= 15 is 0 Å². The summed E-state index contributed by atoms with van der Waals surface area (Å²) in [5, 5.41) is 0. The molecule has 3 rings (SSSR count). The number of likely N-dealkylation sites (tertiary alicyclic amines) is 1. The van der Waals surface area contributed by atoms with Gasteiger partial charge in [-0.15, -0.1) is 0 Å². The molecule has 4 heteroatoms. The van der Waals surface area contributed by atoms with E-state index in [0.717, 1.165) is 37.5 Å². The van der Waals surface area contributed by atoms with Crippen molar-refractivity contribution in [1.29, 1.82) is 0 Å². The van der Waals surface area contributed by atoms with Crippen LogP contribution in [0.1, 0.15) is 39.5 Å². The Morgan fingerprint density at radius 2 is 2.05 bits per heavy atom. The number of thioether (sulfide) groups is 1. The Morgan fingerprint density at radius 3 is 2.58 bits per heavy atom. The first-order valence-electron chi connectivity index (χ1n) is 7.35. The van der Waals surface area contributed by atoms with Crippen LogP contribution in [-0.4, -0.2) is 47.1 Å². The van der Waals surface area contributed by atoms with Gasteiger partial charge < -0.3 is 4.74 Å². The predicted octanol–water partition coefficient (Wildman–Crippen LogP) is 2.61. The Morgan fingerprint density at radius 1 is 1.32 bits per heavy atom. The lowest BCUT2D eigenvalue weighted by atomic mass is 9.83. The fraction of sp³-hybridized carbons (Fsp3) is 0.800. The minimum Gasteiger partial charge on any atom is -0.451 e. The van der Waals surface area contributed by atoms with Crippen molar-refractivity contribution < 1.29 is 9.53 Å². The predicted molar refractivity (Wildman–Crippen MR) is 78.4 cm³/mol. The molecule has 0 radical (unpaired) electrons. The van der Waals surface area contributed by atoms with Gasteiger partial charge in [0, 0.05) is 43.3 Å². The maximum atomic E-state index is 11.7. The lowest BCUT2D eigenvalue weighted by Crippen LogP contribution is -2.50. The van der Waals surface area contributed by atoms with Gasteiger partial charge in [-0.2, -0.15) is 11.8 Å². The number of hydrogen-bond acceptors (Lipinski definition) is 4. The number of piperidine rings is 1. The van der Waals surface area contributed by atoms with Crippen molar-refractivity contribution in [2.24, 2.45) is 0 Å². The molecule has 0 N–H and O–H groups in total. The van der Waals surface area contributed by atoms with Crippen molar-refractivity contribution in [3.63, 3.8) is 0 Å². The van der Waals surface area contributed by atoms with Gasteiger partial charge in [-0.05, 0) is 38.0 Å². The Balaban J connectivity index is 1.65. The van der Waals surface area contributed by atoms with Crippen molar-refractivity contribution in [3.8, 4) is 0 Å². The van der Waals surface area contributed by atoms with Crippen LogP contribution in [0.5, 0.6) is 0 Å². The zero-order valence-corrected chi connectivity index (χ0v) is 12.7. The molecular weight excluding hydrogens is 258 g/mol. The number of hydrogen-bond donors (Lipinski definition) is 0. The molecule has 2 saturated heterocycles. The third kappa shape index (κ3) is 2.33. The highest BCUT2D eigenvalue weighted by molar-refractivity contribution is 7.99. The Bertz CT molecular complexity index is 404. The topological polar surface area (TPSA) is 29.5 Å². The van der Waals surface area contributed by atoms with Gasteiger partial charge in [0.1, 0.15) is 5.60 Å². The number of esters is 1. The van der Waals surface area contributed by atoms with Crippen molar-refractivity contribution in [1.82, 2.24) is 4.90 Å². The highest BCUT2D eigenvalue weighted by Crippen LogP contribution is 2.41. The second kappa shape index (κ2) is 5.13. The quantitative estimate of drug-likeness (QED) is 0.691. The van der Waals surface area contributed by atoms with Crippen LogP contribution in [0.4, 0.5) is 0 Å². The molecule has 3 aliphatic heterocycles. The molecule has 3 aliphatic rings. The third-order valence-electron chi connectivity index (χ3n) is 5.10. The summed E-state index contributed by atoms with van der Waals surface area (Å²) in [6.07, 6.45) is 4.64. The zero-order chi connectivity index (χ0) is 13.5. The van der Waals surface area contributed by atoms with E-state index in [4.69, 9.17) is 4.74 Å². The van der Waals surface area contributed by atoms with E-state index in [2.05, 4.69) is 23.6 Å². The summed E-state index contributed by atoms with van der Waals surface area (Å²) in [4.78, 5) is 14.4. The number of rotatable bonds is 1. The number of nitrogens with zero attached hydrogens (tertiary/aromatic N) is 1. The Hall–Kier alpha value is -0.480. The van der Waals surface area contributed by atoms with Crippen LogP contribution in [0.25, 0.3) is 0 Å². The molecule has 0 aromatic heterocycles. The average Bonchev–Trinajstić information content (AvgIpc) is 2.66. The van der Waals surface area contributed by atoms with E-state index in [1.165, 1.54) is 29.9 Å². The molecule has 0 aliphatic carbocycles. The first-order valence-corrected chi connectivity index (χ1v) is 8.51. The van der Waals surface area contributed by atoms with Crippen LogP contribution in [0.15, 0.2) is 11.1 Å². The maximum absolute atomic E-state index is 11.7. The molecule has 3 heterocycles. The van der Waals surface area contributed by atoms with Gasteiger partial charge >= 0.3 is 5.97 Å². The average molecular weight is 281 g/mol. The van der Waals surface area contributed by atoms with Crippen molar-refractivity contribution >= 4 is 17.7 Å². The summed E-state index contributed by atoms with van der Waals surface area (Å²) >= 11 is 2.09. The summed E-state index contributed by atoms with van der Waals surface area (Å²) in [6.45, 7) is 6.12. The third-order valence-corrected chi connectivity index (χ3v) is 6.30. The number of ether oxygens (including phenoxy) is 1. The monoisotopic (exact) mass is 281 g/mol. The molecule has 19 heavy (non-hydrogen) atoms. The minimum absolute atomic E-state index is 0.0980. The fourth-order valence-electron chi connectivity index (χ4n) is 3.56. The van der Waals surface area contributed by atoms with Gasteiger partial charge in [0.05, 0.1) is 0 Å². The van der Waals surface area contributed by atoms with Crippen LogP contribution in [0, 0.1) is 0 Å². The Labute approximate surface area is 119 Å². The van der Waals surface area contributed by atoms with E-state index in [-0.39, 0.29) is 11.6 Å². The number of carbonyl (C=O) groups excluding carboxylic acids is 1. The standard InChI is InChI=1S/C15H23NO2S/c1-11-12(2)15(18-14(11)17)5-7-16(8-6-15)13-4-3-9-19-10-13/h13H,3-10H2,1-2H3. The first-order chi connectivity index (χ1) is 9.12. The highest BCUT2D eigenvalue weighted by Gasteiger charge is 2.46. The van der Waals surface area contributed by atoms with Crippen LogP contribution in [0.3, 0.4) is 0 Å². The minimum atomic E-state index is -0.264. The molecule has 1 atom stereocenters. The van der Waals surface area contributed by atoms with Crippen molar-refractivity contribution in [2.45, 2.75) is 51.2 Å². The summed E-state index contributed by atoms with van der Waals surface area (Å²) in [5.74, 6) is 2.51. The normalized spacial score (nSPS) is 31.9. The molecule has 1 spiro atoms. The molecule has 106 valence electrons. The van der Waals surface area contributed by atoms with Crippen LogP contribution in [-0.2, 0) is 9.53 Å². The fourth-order valence-corrected chi connectivity index (χ4v) is 4.75. The van der Waals surface area contributed by atoms with Crippen LogP contribution >= 0.6 is 11.8 Å². The SMILES string of the molecule is CC1=C(C)C2(CCN(C3CCCSC3)CC2)OC1=O. The maximum Gasteiger partial charge on any atom is 0.334 e. The Kier molecular flexibility index (Phi) is 3.65. The summed E-state index contributed by atoms with van der Waals surface area (Å²) in [5.41, 5.74) is 1.75.